The molecule has 1 saturated heterocycles. The van der Waals surface area contributed by atoms with Gasteiger partial charge in [0.15, 0.2) is 6.61 Å². The standard InChI is InChI=1S/C21H29N3O6S/c1-15-6-2-3-7-18(15)22-21(27)23-19(25)14-30-20(26)16-8-10-17(11-9-16)31(28,29)24-12-4-5-13-24/h8-11,15,18H,2-7,12-14H2,1H3,(H2,22,23,25,27). The number of carbonyl (C=O) groups is 3. The van der Waals surface area contributed by atoms with Crippen LogP contribution < -0.4 is 10.6 Å². The maximum Gasteiger partial charge on any atom is 0.338 e. The lowest BCUT2D eigenvalue weighted by Gasteiger charge is -2.29. The maximum atomic E-state index is 12.5. The fourth-order valence-corrected chi connectivity index (χ4v) is 5.47. The summed E-state index contributed by atoms with van der Waals surface area (Å²) in [6.45, 7) is 2.44. The lowest BCUT2D eigenvalue weighted by atomic mass is 9.86. The van der Waals surface area contributed by atoms with Gasteiger partial charge in [0, 0.05) is 19.1 Å². The second-order valence-corrected chi connectivity index (χ2v) is 10.0. The van der Waals surface area contributed by atoms with Gasteiger partial charge < -0.3 is 10.1 Å². The summed E-state index contributed by atoms with van der Waals surface area (Å²) < 4.78 is 31.4. The number of amides is 3. The van der Waals surface area contributed by atoms with E-state index < -0.39 is 34.5 Å². The third-order valence-electron chi connectivity index (χ3n) is 5.81. The SMILES string of the molecule is CC1CCCCC1NC(=O)NC(=O)COC(=O)c1ccc(S(=O)(=O)N2CCCC2)cc1. The van der Waals surface area contributed by atoms with E-state index in [2.05, 4.69) is 17.6 Å². The zero-order chi connectivity index (χ0) is 22.4. The quantitative estimate of drug-likeness (QED) is 0.638. The summed E-state index contributed by atoms with van der Waals surface area (Å²) in [6, 6.07) is 4.82. The Labute approximate surface area is 182 Å². The summed E-state index contributed by atoms with van der Waals surface area (Å²) in [7, 11) is -3.56. The van der Waals surface area contributed by atoms with Crippen LogP contribution in [0, 0.1) is 5.92 Å². The molecule has 1 heterocycles. The van der Waals surface area contributed by atoms with Gasteiger partial charge in [-0.3, -0.25) is 10.1 Å². The summed E-state index contributed by atoms with van der Waals surface area (Å²) in [5.74, 6) is -1.16. The van der Waals surface area contributed by atoms with Crippen LogP contribution >= 0.6 is 0 Å². The van der Waals surface area contributed by atoms with E-state index in [9.17, 15) is 22.8 Å². The maximum absolute atomic E-state index is 12.5. The summed E-state index contributed by atoms with van der Waals surface area (Å²) in [4.78, 5) is 36.1. The highest BCUT2D eigenvalue weighted by Crippen LogP contribution is 2.23. The second-order valence-electron chi connectivity index (χ2n) is 8.10. The van der Waals surface area contributed by atoms with Crippen molar-refractivity contribution in [3.63, 3.8) is 0 Å². The molecule has 0 spiro atoms. The highest BCUT2D eigenvalue weighted by molar-refractivity contribution is 7.89. The molecule has 3 rings (SSSR count). The minimum atomic E-state index is -3.56. The van der Waals surface area contributed by atoms with Crippen LogP contribution in [0.1, 0.15) is 55.8 Å². The van der Waals surface area contributed by atoms with Gasteiger partial charge in [0.05, 0.1) is 10.5 Å². The first-order valence-electron chi connectivity index (χ1n) is 10.6. The average molecular weight is 452 g/mol. The number of nitrogens with zero attached hydrogens (tertiary/aromatic N) is 1. The number of ether oxygens (including phenoxy) is 1. The molecule has 1 saturated carbocycles. The predicted octanol–water partition coefficient (Wildman–Crippen LogP) is 2.03. The van der Waals surface area contributed by atoms with E-state index >= 15 is 0 Å². The molecule has 1 aromatic carbocycles. The summed E-state index contributed by atoms with van der Waals surface area (Å²) in [5.41, 5.74) is 0.119. The number of hydrogen-bond donors (Lipinski definition) is 2. The molecule has 0 radical (unpaired) electrons. The van der Waals surface area contributed by atoms with Crippen molar-refractivity contribution in [2.75, 3.05) is 19.7 Å². The molecular weight excluding hydrogens is 422 g/mol. The Kier molecular flexibility index (Phi) is 7.66. The number of benzene rings is 1. The Bertz CT molecular complexity index is 910. The molecule has 2 N–H and O–H groups in total. The molecule has 2 aliphatic rings. The van der Waals surface area contributed by atoms with Gasteiger partial charge in [0.25, 0.3) is 5.91 Å². The van der Waals surface area contributed by atoms with Crippen LogP contribution in [-0.4, -0.2) is 56.4 Å². The molecule has 31 heavy (non-hydrogen) atoms. The van der Waals surface area contributed by atoms with Crippen molar-refractivity contribution >= 4 is 27.9 Å². The molecule has 2 fully saturated rings. The van der Waals surface area contributed by atoms with Crippen LogP contribution in [0.25, 0.3) is 0 Å². The first-order chi connectivity index (χ1) is 14.8. The molecule has 2 atom stereocenters. The van der Waals surface area contributed by atoms with E-state index in [4.69, 9.17) is 4.74 Å². The van der Waals surface area contributed by atoms with Crippen molar-refractivity contribution in [1.82, 2.24) is 14.9 Å². The Morgan fingerprint density at radius 1 is 1.03 bits per heavy atom. The number of sulfonamides is 1. The summed E-state index contributed by atoms with van der Waals surface area (Å²) in [6.07, 6.45) is 5.77. The van der Waals surface area contributed by atoms with Crippen molar-refractivity contribution < 1.29 is 27.5 Å². The van der Waals surface area contributed by atoms with Crippen molar-refractivity contribution in [2.24, 2.45) is 5.92 Å². The van der Waals surface area contributed by atoms with Gasteiger partial charge in [-0.15, -0.1) is 0 Å². The molecule has 2 unspecified atom stereocenters. The molecule has 170 valence electrons. The van der Waals surface area contributed by atoms with Gasteiger partial charge >= 0.3 is 12.0 Å². The fraction of sp³-hybridized carbons (Fsp3) is 0.571. The van der Waals surface area contributed by atoms with Crippen molar-refractivity contribution in [3.05, 3.63) is 29.8 Å². The van der Waals surface area contributed by atoms with E-state index in [0.717, 1.165) is 38.5 Å². The average Bonchev–Trinajstić information content (AvgIpc) is 3.29. The van der Waals surface area contributed by atoms with Crippen LogP contribution in [0.2, 0.25) is 0 Å². The highest BCUT2D eigenvalue weighted by Gasteiger charge is 2.27. The molecule has 0 aromatic heterocycles. The van der Waals surface area contributed by atoms with Gasteiger partial charge in [-0.2, -0.15) is 4.31 Å². The molecule has 9 nitrogen and oxygen atoms in total. The zero-order valence-electron chi connectivity index (χ0n) is 17.6. The van der Waals surface area contributed by atoms with Crippen molar-refractivity contribution in [3.8, 4) is 0 Å². The number of imide groups is 1. The van der Waals surface area contributed by atoms with E-state index in [1.807, 2.05) is 0 Å². The van der Waals surface area contributed by atoms with Crippen LogP contribution in [0.15, 0.2) is 29.2 Å². The first-order valence-corrected chi connectivity index (χ1v) is 12.1. The lowest BCUT2D eigenvalue weighted by molar-refractivity contribution is -0.123. The van der Waals surface area contributed by atoms with Crippen LogP contribution in [0.4, 0.5) is 4.79 Å². The normalized spacial score (nSPS) is 22.0. The molecule has 1 aliphatic heterocycles. The van der Waals surface area contributed by atoms with Gasteiger partial charge in [-0.05, 0) is 55.9 Å². The number of urea groups is 1. The van der Waals surface area contributed by atoms with Crippen molar-refractivity contribution in [2.45, 2.75) is 56.4 Å². The van der Waals surface area contributed by atoms with Gasteiger partial charge in [0.1, 0.15) is 0 Å². The zero-order valence-corrected chi connectivity index (χ0v) is 18.4. The molecule has 3 amide bonds. The Hall–Kier alpha value is -2.46. The molecule has 0 bridgehead atoms. The Morgan fingerprint density at radius 3 is 2.32 bits per heavy atom. The summed E-state index contributed by atoms with van der Waals surface area (Å²) in [5, 5.41) is 4.95. The third kappa shape index (κ3) is 6.04. The molecule has 1 aliphatic carbocycles. The Morgan fingerprint density at radius 2 is 1.68 bits per heavy atom. The number of esters is 1. The largest absolute Gasteiger partial charge is 0.452 e. The second kappa shape index (κ2) is 10.2. The van der Waals surface area contributed by atoms with E-state index in [-0.39, 0.29) is 16.5 Å². The number of carbonyl (C=O) groups excluding carboxylic acids is 3. The van der Waals surface area contributed by atoms with E-state index in [1.54, 1.807) is 0 Å². The minimum absolute atomic E-state index is 0.0273. The van der Waals surface area contributed by atoms with E-state index in [1.165, 1.54) is 28.6 Å². The fourth-order valence-electron chi connectivity index (χ4n) is 3.95. The lowest BCUT2D eigenvalue weighted by Crippen LogP contribution is -2.48. The number of hydrogen-bond acceptors (Lipinski definition) is 6. The van der Waals surface area contributed by atoms with Crippen LogP contribution in [-0.2, 0) is 19.6 Å². The van der Waals surface area contributed by atoms with Crippen LogP contribution in [0.5, 0.6) is 0 Å². The third-order valence-corrected chi connectivity index (χ3v) is 7.72. The molecule has 1 aromatic rings. The molecule has 10 heteroatoms. The van der Waals surface area contributed by atoms with Gasteiger partial charge in [-0.1, -0.05) is 19.8 Å². The Balaban J connectivity index is 1.46. The smallest absolute Gasteiger partial charge is 0.338 e. The van der Waals surface area contributed by atoms with Crippen molar-refractivity contribution in [1.29, 1.82) is 0 Å². The number of rotatable bonds is 6. The summed E-state index contributed by atoms with van der Waals surface area (Å²) >= 11 is 0. The minimum Gasteiger partial charge on any atom is -0.452 e. The number of nitrogens with one attached hydrogen (secondary N) is 2. The highest BCUT2D eigenvalue weighted by atomic mass is 32.2. The van der Waals surface area contributed by atoms with Gasteiger partial charge in [-0.25, -0.2) is 18.0 Å². The molecular formula is C21H29N3O6S. The first kappa shape index (κ1) is 23.2. The predicted molar refractivity (Wildman–Crippen MR) is 113 cm³/mol. The van der Waals surface area contributed by atoms with E-state index in [0.29, 0.717) is 19.0 Å². The topological polar surface area (TPSA) is 122 Å². The van der Waals surface area contributed by atoms with Crippen LogP contribution in [0.3, 0.4) is 0 Å². The van der Waals surface area contributed by atoms with Gasteiger partial charge in [0.2, 0.25) is 10.0 Å². The monoisotopic (exact) mass is 451 g/mol.